The van der Waals surface area contributed by atoms with Crippen LogP contribution in [0.25, 0.3) is 11.3 Å². The average molecular weight is 266 g/mol. The van der Waals surface area contributed by atoms with Gasteiger partial charge in [0.15, 0.2) is 0 Å². The predicted molar refractivity (Wildman–Crippen MR) is 70.1 cm³/mol. The van der Waals surface area contributed by atoms with Crippen molar-refractivity contribution in [1.82, 2.24) is 15.3 Å². The second kappa shape index (κ2) is 5.89. The maximum atomic E-state index is 13.1. The van der Waals surface area contributed by atoms with E-state index in [1.807, 2.05) is 7.05 Å². The lowest BCUT2D eigenvalue weighted by Gasteiger charge is -2.04. The number of rotatable bonds is 4. The van der Waals surface area contributed by atoms with Crippen molar-refractivity contribution in [3.05, 3.63) is 47.1 Å². The summed E-state index contributed by atoms with van der Waals surface area (Å²) in [6, 6.07) is 6.35. The zero-order valence-electron chi connectivity index (χ0n) is 9.95. The minimum Gasteiger partial charge on any atom is -0.319 e. The Bertz CT molecular complexity index is 546. The summed E-state index contributed by atoms with van der Waals surface area (Å²) in [6.07, 6.45) is 2.45. The molecule has 18 heavy (non-hydrogen) atoms. The number of likely N-dealkylation sites (N-methyl/N-ethyl adjacent to an activating group) is 1. The van der Waals surface area contributed by atoms with Gasteiger partial charge in [0.2, 0.25) is 0 Å². The topological polar surface area (TPSA) is 37.8 Å². The highest BCUT2D eigenvalue weighted by Crippen LogP contribution is 2.23. The van der Waals surface area contributed by atoms with Crippen LogP contribution in [0.3, 0.4) is 0 Å². The molecular weight excluding hydrogens is 253 g/mol. The maximum Gasteiger partial charge on any atom is 0.141 e. The van der Waals surface area contributed by atoms with E-state index in [0.717, 1.165) is 30.0 Å². The molecule has 0 aliphatic heterocycles. The molecule has 1 heterocycles. The summed E-state index contributed by atoms with van der Waals surface area (Å²) in [5, 5.41) is 3.14. The zero-order valence-corrected chi connectivity index (χ0v) is 10.7. The highest BCUT2D eigenvalue weighted by atomic mass is 35.5. The molecule has 0 fully saturated rings. The maximum absolute atomic E-state index is 13.1. The summed E-state index contributed by atoms with van der Waals surface area (Å²) in [6.45, 7) is 0.813. The van der Waals surface area contributed by atoms with E-state index in [0.29, 0.717) is 0 Å². The van der Waals surface area contributed by atoms with Crippen molar-refractivity contribution < 1.29 is 4.39 Å². The number of benzene rings is 1. The molecule has 0 aliphatic rings. The minimum atomic E-state index is -0.426. The largest absolute Gasteiger partial charge is 0.319 e. The molecule has 0 atom stereocenters. The van der Waals surface area contributed by atoms with Crippen molar-refractivity contribution >= 4 is 11.6 Å². The molecule has 0 radical (unpaired) electrons. The molecule has 5 heteroatoms. The summed E-state index contributed by atoms with van der Waals surface area (Å²) in [5.41, 5.74) is 1.53. The Labute approximate surface area is 110 Å². The van der Waals surface area contributed by atoms with Gasteiger partial charge in [0.25, 0.3) is 0 Å². The van der Waals surface area contributed by atoms with Crippen molar-refractivity contribution in [2.45, 2.75) is 6.42 Å². The molecular formula is C13H13ClFN3. The summed E-state index contributed by atoms with van der Waals surface area (Å²) >= 11 is 5.76. The van der Waals surface area contributed by atoms with Crippen LogP contribution >= 0.6 is 11.6 Å². The fourth-order valence-electron chi connectivity index (χ4n) is 1.57. The van der Waals surface area contributed by atoms with E-state index in [9.17, 15) is 4.39 Å². The van der Waals surface area contributed by atoms with Crippen LogP contribution in [0.2, 0.25) is 5.02 Å². The Morgan fingerprint density at radius 2 is 2.17 bits per heavy atom. The van der Waals surface area contributed by atoms with Gasteiger partial charge >= 0.3 is 0 Å². The number of halogens is 2. The van der Waals surface area contributed by atoms with E-state index in [2.05, 4.69) is 15.3 Å². The molecule has 1 N–H and O–H groups in total. The van der Waals surface area contributed by atoms with Crippen LogP contribution in [0, 0.1) is 5.82 Å². The standard InChI is InChI=1S/C13H13ClFN3/c1-16-6-5-13-17-7-4-12(18-13)9-2-3-11(15)10(14)8-9/h2-4,7-8,16H,5-6H2,1H3. The fourth-order valence-corrected chi connectivity index (χ4v) is 1.75. The molecule has 0 spiro atoms. The Morgan fingerprint density at radius 1 is 1.33 bits per heavy atom. The number of nitrogens with zero attached hydrogens (tertiary/aromatic N) is 2. The van der Waals surface area contributed by atoms with E-state index in [1.54, 1.807) is 24.4 Å². The van der Waals surface area contributed by atoms with Crippen LogP contribution in [0.1, 0.15) is 5.82 Å². The van der Waals surface area contributed by atoms with Crippen molar-refractivity contribution in [3.63, 3.8) is 0 Å². The molecule has 1 aromatic heterocycles. The third kappa shape index (κ3) is 3.03. The molecule has 0 unspecified atom stereocenters. The van der Waals surface area contributed by atoms with E-state index in [1.165, 1.54) is 6.07 Å². The van der Waals surface area contributed by atoms with Crippen molar-refractivity contribution in [1.29, 1.82) is 0 Å². The van der Waals surface area contributed by atoms with Crippen LogP contribution in [-0.4, -0.2) is 23.6 Å². The molecule has 1 aromatic carbocycles. The molecule has 94 valence electrons. The summed E-state index contributed by atoms with van der Waals surface area (Å²) in [7, 11) is 1.88. The van der Waals surface area contributed by atoms with Crippen molar-refractivity contribution in [2.75, 3.05) is 13.6 Å². The van der Waals surface area contributed by atoms with Gasteiger partial charge in [-0.2, -0.15) is 0 Å². The quantitative estimate of drug-likeness (QED) is 0.924. The van der Waals surface area contributed by atoms with Gasteiger partial charge < -0.3 is 5.32 Å². The van der Waals surface area contributed by atoms with Gasteiger partial charge in [-0.05, 0) is 31.3 Å². The first-order valence-corrected chi connectivity index (χ1v) is 6.00. The first-order chi connectivity index (χ1) is 8.70. The molecule has 0 amide bonds. The van der Waals surface area contributed by atoms with E-state index in [-0.39, 0.29) is 5.02 Å². The first kappa shape index (κ1) is 12.9. The van der Waals surface area contributed by atoms with Crippen LogP contribution in [0.15, 0.2) is 30.5 Å². The molecule has 2 aromatic rings. The molecule has 0 saturated carbocycles. The normalized spacial score (nSPS) is 10.6. The SMILES string of the molecule is CNCCc1nccc(-c2ccc(F)c(Cl)c2)n1. The molecule has 0 bridgehead atoms. The number of hydrogen-bond donors (Lipinski definition) is 1. The Kier molecular flexibility index (Phi) is 4.23. The van der Waals surface area contributed by atoms with E-state index < -0.39 is 5.82 Å². The molecule has 2 rings (SSSR count). The van der Waals surface area contributed by atoms with Crippen LogP contribution in [-0.2, 0) is 6.42 Å². The molecule has 0 aliphatic carbocycles. The number of hydrogen-bond acceptors (Lipinski definition) is 3. The van der Waals surface area contributed by atoms with Gasteiger partial charge in [-0.15, -0.1) is 0 Å². The van der Waals surface area contributed by atoms with Crippen LogP contribution in [0.5, 0.6) is 0 Å². The lowest BCUT2D eigenvalue weighted by molar-refractivity contribution is 0.628. The van der Waals surface area contributed by atoms with Gasteiger partial charge in [0, 0.05) is 24.7 Å². The zero-order chi connectivity index (χ0) is 13.0. The highest BCUT2D eigenvalue weighted by molar-refractivity contribution is 6.31. The van der Waals surface area contributed by atoms with Crippen LogP contribution in [0.4, 0.5) is 4.39 Å². The number of nitrogens with one attached hydrogen (secondary N) is 1. The monoisotopic (exact) mass is 265 g/mol. The predicted octanol–water partition coefficient (Wildman–Crippen LogP) is 2.70. The third-order valence-electron chi connectivity index (χ3n) is 2.52. The molecule has 3 nitrogen and oxygen atoms in total. The van der Waals surface area contributed by atoms with Gasteiger partial charge in [0.1, 0.15) is 11.6 Å². The van der Waals surface area contributed by atoms with Gasteiger partial charge in [0.05, 0.1) is 10.7 Å². The first-order valence-electron chi connectivity index (χ1n) is 5.62. The van der Waals surface area contributed by atoms with Crippen molar-refractivity contribution in [3.8, 4) is 11.3 Å². The Hall–Kier alpha value is -1.52. The van der Waals surface area contributed by atoms with Gasteiger partial charge in [-0.25, -0.2) is 14.4 Å². The summed E-state index contributed by atoms with van der Waals surface area (Å²) in [4.78, 5) is 8.60. The summed E-state index contributed by atoms with van der Waals surface area (Å²) < 4.78 is 13.1. The van der Waals surface area contributed by atoms with Crippen molar-refractivity contribution in [2.24, 2.45) is 0 Å². The second-order valence-electron chi connectivity index (χ2n) is 3.84. The fraction of sp³-hybridized carbons (Fsp3) is 0.231. The molecule has 0 saturated heterocycles. The van der Waals surface area contributed by atoms with Gasteiger partial charge in [-0.3, -0.25) is 0 Å². The smallest absolute Gasteiger partial charge is 0.141 e. The highest BCUT2D eigenvalue weighted by Gasteiger charge is 2.05. The number of aromatic nitrogens is 2. The Morgan fingerprint density at radius 3 is 2.89 bits per heavy atom. The Balaban J connectivity index is 2.29. The lowest BCUT2D eigenvalue weighted by atomic mass is 10.1. The summed E-state index contributed by atoms with van der Waals surface area (Å²) in [5.74, 6) is 0.326. The van der Waals surface area contributed by atoms with E-state index >= 15 is 0 Å². The third-order valence-corrected chi connectivity index (χ3v) is 2.81. The minimum absolute atomic E-state index is 0.0999. The van der Waals surface area contributed by atoms with Crippen LogP contribution < -0.4 is 5.32 Å². The van der Waals surface area contributed by atoms with E-state index in [4.69, 9.17) is 11.6 Å². The second-order valence-corrected chi connectivity index (χ2v) is 4.25. The average Bonchev–Trinajstić information content (AvgIpc) is 2.40. The lowest BCUT2D eigenvalue weighted by Crippen LogP contribution is -2.12. The van der Waals surface area contributed by atoms with Gasteiger partial charge in [-0.1, -0.05) is 11.6 Å².